The van der Waals surface area contributed by atoms with E-state index in [1.807, 2.05) is 6.07 Å². The third kappa shape index (κ3) is 2.20. The van der Waals surface area contributed by atoms with Gasteiger partial charge in [-0.15, -0.1) is 0 Å². The van der Waals surface area contributed by atoms with Gasteiger partial charge in [-0.2, -0.15) is 5.26 Å². The highest BCUT2D eigenvalue weighted by molar-refractivity contribution is 5.53. The summed E-state index contributed by atoms with van der Waals surface area (Å²) in [5, 5.41) is 9.88. The van der Waals surface area contributed by atoms with Gasteiger partial charge in [0.2, 0.25) is 0 Å². The Balaban J connectivity index is 1.60. The summed E-state index contributed by atoms with van der Waals surface area (Å²) in [4.78, 5) is 0. The molecule has 1 aromatic carbocycles. The van der Waals surface area contributed by atoms with E-state index in [0.717, 1.165) is 12.0 Å². The Kier molecular flexibility index (Phi) is 3.52. The first-order chi connectivity index (χ1) is 11.6. The summed E-state index contributed by atoms with van der Waals surface area (Å²) in [6.45, 7) is 5.36. The second-order valence-electron chi connectivity index (χ2n) is 6.93. The summed E-state index contributed by atoms with van der Waals surface area (Å²) >= 11 is 0. The highest BCUT2D eigenvalue weighted by Gasteiger charge is 2.47. The maximum atomic E-state index is 9.88. The number of hydrogen-bond acceptors (Lipinski definition) is 4. The molecule has 0 N–H and O–H groups in total. The van der Waals surface area contributed by atoms with Crippen molar-refractivity contribution in [1.82, 2.24) is 0 Å². The molecule has 4 nitrogen and oxygen atoms in total. The van der Waals surface area contributed by atoms with Crippen molar-refractivity contribution in [2.24, 2.45) is 0 Å². The highest BCUT2D eigenvalue weighted by atomic mass is 16.7. The molecule has 0 radical (unpaired) electrons. The molecule has 0 bridgehead atoms. The van der Waals surface area contributed by atoms with Crippen LogP contribution in [0.25, 0.3) is 0 Å². The van der Waals surface area contributed by atoms with Crippen LogP contribution in [0.1, 0.15) is 40.7 Å². The van der Waals surface area contributed by atoms with Gasteiger partial charge in [-0.25, -0.2) is 0 Å². The van der Waals surface area contributed by atoms with Gasteiger partial charge in [0.1, 0.15) is 0 Å². The summed E-state index contributed by atoms with van der Waals surface area (Å²) in [7, 11) is 0. The molecule has 1 aliphatic carbocycles. The third-order valence-corrected chi connectivity index (χ3v) is 5.54. The molecular formula is C20H21NO3. The van der Waals surface area contributed by atoms with Gasteiger partial charge in [-0.3, -0.25) is 0 Å². The van der Waals surface area contributed by atoms with Crippen LogP contribution in [0, 0.1) is 25.2 Å². The van der Waals surface area contributed by atoms with Gasteiger partial charge in [0.25, 0.3) is 0 Å². The molecule has 1 unspecified atom stereocenters. The van der Waals surface area contributed by atoms with Gasteiger partial charge >= 0.3 is 0 Å². The molecule has 1 fully saturated rings. The first kappa shape index (κ1) is 15.4. The number of furan rings is 1. The average Bonchev–Trinajstić information content (AvgIpc) is 3.25. The fourth-order valence-corrected chi connectivity index (χ4v) is 3.93. The number of rotatable bonds is 4. The van der Waals surface area contributed by atoms with Crippen LogP contribution < -0.4 is 0 Å². The zero-order chi connectivity index (χ0) is 16.8. The number of aryl methyl sites for hydroxylation is 2. The Labute approximate surface area is 142 Å². The Morgan fingerprint density at radius 3 is 2.54 bits per heavy atom. The molecule has 2 aliphatic rings. The second-order valence-corrected chi connectivity index (χ2v) is 6.93. The van der Waals surface area contributed by atoms with Crippen molar-refractivity contribution in [2.75, 3.05) is 13.2 Å². The lowest BCUT2D eigenvalue weighted by Crippen LogP contribution is -2.40. The molecule has 2 heterocycles. The Bertz CT molecular complexity index is 797. The topological polar surface area (TPSA) is 55.4 Å². The van der Waals surface area contributed by atoms with Crippen molar-refractivity contribution in [3.05, 3.63) is 58.5 Å². The fraction of sp³-hybridized carbons (Fsp3) is 0.450. The van der Waals surface area contributed by atoms with Crippen LogP contribution >= 0.6 is 0 Å². The van der Waals surface area contributed by atoms with E-state index < -0.39 is 11.2 Å². The van der Waals surface area contributed by atoms with E-state index in [1.165, 1.54) is 22.3 Å². The molecule has 1 aromatic heterocycles. The van der Waals surface area contributed by atoms with Gasteiger partial charge in [0, 0.05) is 12.0 Å². The van der Waals surface area contributed by atoms with E-state index in [-0.39, 0.29) is 0 Å². The highest BCUT2D eigenvalue weighted by Crippen LogP contribution is 2.48. The molecule has 0 spiro atoms. The van der Waals surface area contributed by atoms with Crippen molar-refractivity contribution in [2.45, 2.75) is 44.3 Å². The van der Waals surface area contributed by atoms with Crippen LogP contribution in [0.3, 0.4) is 0 Å². The number of benzene rings is 1. The number of ether oxygens (including phenoxy) is 2. The minimum Gasteiger partial charge on any atom is -0.472 e. The molecule has 4 heteroatoms. The van der Waals surface area contributed by atoms with Crippen LogP contribution in [0.15, 0.2) is 35.1 Å². The van der Waals surface area contributed by atoms with Crippen molar-refractivity contribution >= 4 is 0 Å². The van der Waals surface area contributed by atoms with Gasteiger partial charge in [0.05, 0.1) is 37.2 Å². The lowest BCUT2D eigenvalue weighted by molar-refractivity contribution is -0.173. The van der Waals surface area contributed by atoms with E-state index in [0.29, 0.717) is 26.1 Å². The maximum absolute atomic E-state index is 9.88. The minimum atomic E-state index is -0.771. The third-order valence-electron chi connectivity index (χ3n) is 5.54. The smallest absolute Gasteiger partial charge is 0.198 e. The van der Waals surface area contributed by atoms with Crippen LogP contribution in [-0.2, 0) is 27.1 Å². The quantitative estimate of drug-likeness (QED) is 0.856. The molecule has 124 valence electrons. The summed E-state index contributed by atoms with van der Waals surface area (Å²) in [5.41, 5.74) is 5.47. The lowest BCUT2D eigenvalue weighted by atomic mass is 9.61. The number of fused-ring (bicyclic) bond motifs is 1. The van der Waals surface area contributed by atoms with Crippen molar-refractivity contribution in [3.63, 3.8) is 0 Å². The van der Waals surface area contributed by atoms with Gasteiger partial charge in [-0.1, -0.05) is 12.1 Å². The largest absolute Gasteiger partial charge is 0.472 e. The Morgan fingerprint density at radius 2 is 1.88 bits per heavy atom. The van der Waals surface area contributed by atoms with Crippen molar-refractivity contribution < 1.29 is 13.9 Å². The number of hydrogen-bond donors (Lipinski definition) is 0. The van der Waals surface area contributed by atoms with Crippen LogP contribution in [0.2, 0.25) is 0 Å². The SMILES string of the molecule is Cc1cc2c(cc1C)C(C#N)(CCC1(c3ccoc3)OCCO1)C2. The average molecular weight is 323 g/mol. The Hall–Kier alpha value is -2.09. The number of nitriles is 1. The molecule has 4 rings (SSSR count). The standard InChI is InChI=1S/C20H21NO3/c1-14-9-16-11-19(13-21,18(16)10-15(14)2)4-5-20(23-7-8-24-20)17-3-6-22-12-17/h3,6,9-10,12H,4-5,7-8,11H2,1-2H3. The second kappa shape index (κ2) is 5.47. The first-order valence-electron chi connectivity index (χ1n) is 8.41. The van der Waals surface area contributed by atoms with E-state index in [4.69, 9.17) is 13.9 Å². The van der Waals surface area contributed by atoms with Crippen LogP contribution in [-0.4, -0.2) is 13.2 Å². The zero-order valence-electron chi connectivity index (χ0n) is 14.1. The van der Waals surface area contributed by atoms with Crippen molar-refractivity contribution in [3.8, 4) is 6.07 Å². The first-order valence-corrected chi connectivity index (χ1v) is 8.41. The summed E-state index contributed by atoms with van der Waals surface area (Å²) in [6, 6.07) is 8.85. The predicted octanol–water partition coefficient (Wildman–Crippen LogP) is 3.89. The molecule has 0 amide bonds. The van der Waals surface area contributed by atoms with Crippen molar-refractivity contribution in [1.29, 1.82) is 5.26 Å². The molecule has 1 saturated heterocycles. The number of nitrogens with zero attached hydrogens (tertiary/aromatic N) is 1. The molecule has 0 saturated carbocycles. The Morgan fingerprint density at radius 1 is 1.12 bits per heavy atom. The van der Waals surface area contributed by atoms with Gasteiger partial charge in [0.15, 0.2) is 5.79 Å². The normalized spacial score (nSPS) is 24.2. The van der Waals surface area contributed by atoms with Crippen LogP contribution in [0.4, 0.5) is 0 Å². The van der Waals surface area contributed by atoms with E-state index >= 15 is 0 Å². The minimum absolute atomic E-state index is 0.431. The molecule has 1 atom stereocenters. The summed E-state index contributed by atoms with van der Waals surface area (Å²) in [6.07, 6.45) is 5.47. The fourth-order valence-electron chi connectivity index (χ4n) is 3.93. The summed E-state index contributed by atoms with van der Waals surface area (Å²) in [5.74, 6) is -0.771. The van der Waals surface area contributed by atoms with E-state index in [9.17, 15) is 5.26 Å². The summed E-state index contributed by atoms with van der Waals surface area (Å²) < 4.78 is 17.1. The lowest BCUT2D eigenvalue weighted by Gasteiger charge is -2.41. The van der Waals surface area contributed by atoms with Crippen LogP contribution in [0.5, 0.6) is 0 Å². The molecule has 2 aromatic rings. The molecule has 1 aliphatic heterocycles. The van der Waals surface area contributed by atoms with Gasteiger partial charge < -0.3 is 13.9 Å². The molecule has 24 heavy (non-hydrogen) atoms. The molecular weight excluding hydrogens is 302 g/mol. The van der Waals surface area contributed by atoms with Gasteiger partial charge in [-0.05, 0) is 55.0 Å². The van der Waals surface area contributed by atoms with E-state index in [1.54, 1.807) is 12.5 Å². The predicted molar refractivity (Wildman–Crippen MR) is 88.4 cm³/mol. The maximum Gasteiger partial charge on any atom is 0.198 e. The monoisotopic (exact) mass is 323 g/mol. The zero-order valence-corrected chi connectivity index (χ0v) is 14.1. The van der Waals surface area contributed by atoms with E-state index in [2.05, 4.69) is 32.0 Å².